The van der Waals surface area contributed by atoms with Crippen molar-refractivity contribution in [3.8, 4) is 0 Å². The van der Waals surface area contributed by atoms with Crippen LogP contribution >= 0.6 is 11.6 Å². The summed E-state index contributed by atoms with van der Waals surface area (Å²) < 4.78 is 4.70. The Kier molecular flexibility index (Phi) is 3.60. The van der Waals surface area contributed by atoms with Crippen LogP contribution in [0, 0.1) is 5.41 Å². The van der Waals surface area contributed by atoms with E-state index in [0.717, 1.165) is 29.4 Å². The Labute approximate surface area is 133 Å². The molecule has 3 rings (SSSR count). The number of carbonyl (C=O) groups excluding carboxylic acids is 2. The predicted octanol–water partition coefficient (Wildman–Crippen LogP) is 3.02. The molecule has 1 aliphatic carbocycles. The number of aromatic amines is 1. The third-order valence-corrected chi connectivity index (χ3v) is 4.47. The maximum absolute atomic E-state index is 11.9. The summed E-state index contributed by atoms with van der Waals surface area (Å²) in [5.41, 5.74) is 1.78. The molecule has 0 aliphatic heterocycles. The smallest absolute Gasteiger partial charge is 0.339 e. The molecular weight excluding hydrogens is 304 g/mol. The standard InChI is InChI=1S/C16H17ClN2O3/c1-16(3-4-16)15(21)18-8-10-5-9-6-12(17)11(14(20)22-2)7-13(9)19-10/h5-7,19H,3-4,8H2,1-2H3,(H,18,21). The van der Waals surface area contributed by atoms with Gasteiger partial charge in [-0.3, -0.25) is 4.79 Å². The summed E-state index contributed by atoms with van der Waals surface area (Å²) in [5.74, 6) is -0.391. The second kappa shape index (κ2) is 5.32. The SMILES string of the molecule is COC(=O)c1cc2[nH]c(CNC(=O)C3(C)CC3)cc2cc1Cl. The average molecular weight is 321 g/mol. The van der Waals surface area contributed by atoms with Gasteiger partial charge in [-0.2, -0.15) is 0 Å². The van der Waals surface area contributed by atoms with E-state index in [1.807, 2.05) is 13.0 Å². The molecule has 6 heteroatoms. The minimum absolute atomic E-state index is 0.0828. The van der Waals surface area contributed by atoms with Crippen LogP contribution in [0.25, 0.3) is 10.9 Å². The van der Waals surface area contributed by atoms with Gasteiger partial charge in [-0.1, -0.05) is 18.5 Å². The third-order valence-electron chi connectivity index (χ3n) is 4.16. The van der Waals surface area contributed by atoms with E-state index >= 15 is 0 Å². The molecule has 0 spiro atoms. The Morgan fingerprint density at radius 3 is 2.73 bits per heavy atom. The highest BCUT2D eigenvalue weighted by molar-refractivity contribution is 6.34. The number of nitrogens with one attached hydrogen (secondary N) is 2. The highest BCUT2D eigenvalue weighted by atomic mass is 35.5. The molecule has 1 aromatic heterocycles. The number of aromatic nitrogens is 1. The van der Waals surface area contributed by atoms with Crippen LogP contribution in [0.3, 0.4) is 0 Å². The van der Waals surface area contributed by atoms with Crippen LogP contribution in [-0.2, 0) is 16.1 Å². The van der Waals surface area contributed by atoms with Crippen LogP contribution in [0.5, 0.6) is 0 Å². The van der Waals surface area contributed by atoms with Gasteiger partial charge in [0.05, 0.1) is 24.2 Å². The fourth-order valence-electron chi connectivity index (χ4n) is 2.38. The molecule has 1 aliphatic rings. The number of amides is 1. The number of hydrogen-bond acceptors (Lipinski definition) is 3. The van der Waals surface area contributed by atoms with E-state index in [4.69, 9.17) is 16.3 Å². The first-order chi connectivity index (χ1) is 10.4. The van der Waals surface area contributed by atoms with Gasteiger partial charge in [0.25, 0.3) is 0 Å². The maximum Gasteiger partial charge on any atom is 0.339 e. The third kappa shape index (κ3) is 2.68. The molecule has 1 fully saturated rings. The summed E-state index contributed by atoms with van der Waals surface area (Å²) >= 11 is 6.10. The van der Waals surface area contributed by atoms with E-state index < -0.39 is 5.97 Å². The quantitative estimate of drug-likeness (QED) is 0.851. The Morgan fingerprint density at radius 2 is 2.09 bits per heavy atom. The molecule has 0 atom stereocenters. The second-order valence-corrected chi connectivity index (χ2v) is 6.36. The van der Waals surface area contributed by atoms with Crippen molar-refractivity contribution in [2.75, 3.05) is 7.11 Å². The van der Waals surface area contributed by atoms with Gasteiger partial charge in [0.2, 0.25) is 5.91 Å². The Morgan fingerprint density at radius 1 is 1.36 bits per heavy atom. The Bertz CT molecular complexity index is 762. The monoisotopic (exact) mass is 320 g/mol. The van der Waals surface area contributed by atoms with Crippen LogP contribution < -0.4 is 5.32 Å². The van der Waals surface area contributed by atoms with Crippen LogP contribution in [0.1, 0.15) is 35.8 Å². The number of ether oxygens (including phenoxy) is 1. The first-order valence-corrected chi connectivity index (χ1v) is 7.48. The van der Waals surface area contributed by atoms with Gasteiger partial charge in [-0.15, -0.1) is 0 Å². The number of H-pyrrole nitrogens is 1. The molecule has 2 aromatic rings. The van der Waals surface area contributed by atoms with Crippen LogP contribution in [-0.4, -0.2) is 24.0 Å². The molecule has 1 amide bonds. The van der Waals surface area contributed by atoms with Crippen molar-refractivity contribution in [2.24, 2.45) is 5.41 Å². The highest BCUT2D eigenvalue weighted by Gasteiger charge is 2.44. The molecule has 1 saturated carbocycles. The average Bonchev–Trinajstić information content (AvgIpc) is 3.12. The molecule has 0 radical (unpaired) electrons. The van der Waals surface area contributed by atoms with Gasteiger partial charge in [-0.05, 0) is 31.0 Å². The second-order valence-electron chi connectivity index (χ2n) is 5.95. The van der Waals surface area contributed by atoms with Crippen molar-refractivity contribution in [2.45, 2.75) is 26.3 Å². The predicted molar refractivity (Wildman–Crippen MR) is 83.8 cm³/mol. The number of methoxy groups -OCH3 is 1. The lowest BCUT2D eigenvalue weighted by atomic mass is 10.1. The number of fused-ring (bicyclic) bond motifs is 1. The zero-order valence-electron chi connectivity index (χ0n) is 12.5. The van der Waals surface area contributed by atoms with E-state index in [1.54, 1.807) is 12.1 Å². The maximum atomic E-state index is 11.9. The molecule has 5 nitrogen and oxygen atoms in total. The van der Waals surface area contributed by atoms with Crippen LogP contribution in [0.15, 0.2) is 18.2 Å². The zero-order valence-corrected chi connectivity index (χ0v) is 13.2. The van der Waals surface area contributed by atoms with Gasteiger partial charge in [-0.25, -0.2) is 4.79 Å². The lowest BCUT2D eigenvalue weighted by molar-refractivity contribution is -0.125. The number of rotatable bonds is 4. The van der Waals surface area contributed by atoms with Crippen molar-refractivity contribution in [3.05, 3.63) is 34.5 Å². The van der Waals surface area contributed by atoms with Gasteiger partial charge >= 0.3 is 5.97 Å². The number of esters is 1. The van der Waals surface area contributed by atoms with Crippen LogP contribution in [0.4, 0.5) is 0 Å². The minimum Gasteiger partial charge on any atom is -0.465 e. The summed E-state index contributed by atoms with van der Waals surface area (Å²) in [4.78, 5) is 26.8. The van der Waals surface area contributed by atoms with Crippen molar-refractivity contribution < 1.29 is 14.3 Å². The number of benzene rings is 1. The molecule has 0 saturated heterocycles. The van der Waals surface area contributed by atoms with Crippen molar-refractivity contribution >= 4 is 34.4 Å². The molecule has 116 valence electrons. The van der Waals surface area contributed by atoms with Crippen LogP contribution in [0.2, 0.25) is 5.02 Å². The van der Waals surface area contributed by atoms with E-state index in [2.05, 4.69) is 10.3 Å². The van der Waals surface area contributed by atoms with Gasteiger partial charge in [0.15, 0.2) is 0 Å². The number of hydrogen-bond donors (Lipinski definition) is 2. The molecule has 2 N–H and O–H groups in total. The summed E-state index contributed by atoms with van der Waals surface area (Å²) in [6, 6.07) is 5.29. The summed E-state index contributed by atoms with van der Waals surface area (Å²) in [7, 11) is 1.32. The van der Waals surface area contributed by atoms with Gasteiger partial charge in [0.1, 0.15) is 0 Å². The molecule has 0 unspecified atom stereocenters. The van der Waals surface area contributed by atoms with Gasteiger partial charge < -0.3 is 15.0 Å². The number of halogens is 1. The van der Waals surface area contributed by atoms with Gasteiger partial charge in [0, 0.05) is 22.0 Å². The lowest BCUT2D eigenvalue weighted by Crippen LogP contribution is -2.29. The minimum atomic E-state index is -0.474. The summed E-state index contributed by atoms with van der Waals surface area (Å²) in [5, 5.41) is 4.17. The van der Waals surface area contributed by atoms with E-state index in [9.17, 15) is 9.59 Å². The molecule has 22 heavy (non-hydrogen) atoms. The van der Waals surface area contributed by atoms with Crippen molar-refractivity contribution in [1.29, 1.82) is 0 Å². The fraction of sp³-hybridized carbons (Fsp3) is 0.375. The summed E-state index contributed by atoms with van der Waals surface area (Å²) in [6.45, 7) is 2.39. The molecule has 1 aromatic carbocycles. The first kappa shape index (κ1) is 14.9. The largest absolute Gasteiger partial charge is 0.465 e. The lowest BCUT2D eigenvalue weighted by Gasteiger charge is -2.08. The molecular formula is C16H17ClN2O3. The normalized spacial score (nSPS) is 15.6. The van der Waals surface area contributed by atoms with Crippen molar-refractivity contribution in [3.63, 3.8) is 0 Å². The first-order valence-electron chi connectivity index (χ1n) is 7.11. The topological polar surface area (TPSA) is 71.2 Å². The molecule has 1 heterocycles. The summed E-state index contributed by atoms with van der Waals surface area (Å²) in [6.07, 6.45) is 1.90. The van der Waals surface area contributed by atoms with E-state index in [0.29, 0.717) is 17.1 Å². The molecule has 0 bridgehead atoms. The van der Waals surface area contributed by atoms with E-state index in [1.165, 1.54) is 7.11 Å². The Balaban J connectivity index is 1.80. The van der Waals surface area contributed by atoms with Crippen molar-refractivity contribution in [1.82, 2.24) is 10.3 Å². The zero-order chi connectivity index (χ0) is 15.9. The number of carbonyl (C=O) groups is 2. The van der Waals surface area contributed by atoms with E-state index in [-0.39, 0.29) is 11.3 Å². The Hall–Kier alpha value is -2.01. The fourth-order valence-corrected chi connectivity index (χ4v) is 2.63. The highest BCUT2D eigenvalue weighted by Crippen LogP contribution is 2.45.